The number of nitrogens with one attached hydrogen (secondary N) is 1. The van der Waals surface area contributed by atoms with Gasteiger partial charge in [0, 0.05) is 31.2 Å². The highest BCUT2D eigenvalue weighted by Crippen LogP contribution is 2.48. The lowest BCUT2D eigenvalue weighted by molar-refractivity contribution is -0.127. The van der Waals surface area contributed by atoms with E-state index in [4.69, 9.17) is 0 Å². The molecule has 31 heavy (non-hydrogen) atoms. The number of hydrogen-bond acceptors (Lipinski definition) is 3. The maximum atomic E-state index is 13.5. The van der Waals surface area contributed by atoms with Crippen LogP contribution in [-0.2, 0) is 11.3 Å². The number of amides is 1. The van der Waals surface area contributed by atoms with Gasteiger partial charge in [-0.05, 0) is 47.4 Å². The lowest BCUT2D eigenvalue weighted by Gasteiger charge is -2.35. The zero-order valence-electron chi connectivity index (χ0n) is 17.8. The van der Waals surface area contributed by atoms with Crippen molar-refractivity contribution in [1.29, 1.82) is 0 Å². The zero-order valence-corrected chi connectivity index (χ0v) is 17.8. The highest BCUT2D eigenvalue weighted by atomic mass is 16.3. The van der Waals surface area contributed by atoms with E-state index >= 15 is 0 Å². The summed E-state index contributed by atoms with van der Waals surface area (Å²) in [6.07, 6.45) is 3.37. The monoisotopic (exact) mass is 414 g/mol. The smallest absolute Gasteiger partial charge is 0.225 e. The number of hydrogen-bond donors (Lipinski definition) is 2. The second kappa shape index (κ2) is 8.81. The number of aliphatic hydroxyl groups is 1. The average molecular weight is 415 g/mol. The van der Waals surface area contributed by atoms with Crippen LogP contribution >= 0.6 is 0 Å². The lowest BCUT2D eigenvalue weighted by Crippen LogP contribution is -2.39. The van der Waals surface area contributed by atoms with Crippen molar-refractivity contribution < 1.29 is 9.90 Å². The summed E-state index contributed by atoms with van der Waals surface area (Å²) >= 11 is 0. The van der Waals surface area contributed by atoms with Crippen molar-refractivity contribution in [3.8, 4) is 0 Å². The van der Waals surface area contributed by atoms with Crippen molar-refractivity contribution in [1.82, 2.24) is 10.2 Å². The maximum absolute atomic E-state index is 13.5. The van der Waals surface area contributed by atoms with E-state index in [0.29, 0.717) is 6.54 Å². The molecule has 2 heterocycles. The number of rotatable bonds is 5. The third-order valence-corrected chi connectivity index (χ3v) is 7.18. The van der Waals surface area contributed by atoms with Crippen molar-refractivity contribution in [2.24, 2.45) is 11.8 Å². The van der Waals surface area contributed by atoms with Crippen LogP contribution in [0.3, 0.4) is 0 Å². The Morgan fingerprint density at radius 2 is 1.74 bits per heavy atom. The van der Waals surface area contributed by atoms with E-state index in [0.717, 1.165) is 24.9 Å². The second-order valence-electron chi connectivity index (χ2n) is 8.93. The van der Waals surface area contributed by atoms with Crippen LogP contribution in [-0.4, -0.2) is 35.1 Å². The van der Waals surface area contributed by atoms with Gasteiger partial charge in [0.25, 0.3) is 0 Å². The highest BCUT2D eigenvalue weighted by molar-refractivity contribution is 5.84. The van der Waals surface area contributed by atoms with Gasteiger partial charge in [0.1, 0.15) is 0 Å². The molecule has 2 saturated heterocycles. The van der Waals surface area contributed by atoms with Crippen molar-refractivity contribution in [2.45, 2.75) is 37.9 Å². The fourth-order valence-corrected chi connectivity index (χ4v) is 5.73. The Bertz CT molecular complexity index is 1050. The summed E-state index contributed by atoms with van der Waals surface area (Å²) < 4.78 is 0. The summed E-state index contributed by atoms with van der Waals surface area (Å²) in [6.45, 7) is 1.55. The Hall–Kier alpha value is -2.69. The van der Waals surface area contributed by atoms with Gasteiger partial charge in [0.15, 0.2) is 0 Å². The zero-order chi connectivity index (χ0) is 21.2. The largest absolute Gasteiger partial charge is 0.396 e. The summed E-state index contributed by atoms with van der Waals surface area (Å²) in [5.41, 5.74) is 2.27. The number of nitrogens with zero attached hydrogens (tertiary/aromatic N) is 1. The van der Waals surface area contributed by atoms with Gasteiger partial charge in [-0.15, -0.1) is 0 Å². The summed E-state index contributed by atoms with van der Waals surface area (Å²) in [4.78, 5) is 16.0. The van der Waals surface area contributed by atoms with E-state index in [-0.39, 0.29) is 36.4 Å². The standard InChI is InChI=1S/C27H30N2O2/c30-18-23-24-12-6-7-15-29(24)26(22-14-13-20-10-4-5-11-21(20)16-22)25(23)27(31)28-17-19-8-2-1-3-9-19/h1-5,8-11,13-14,16,23-26,30H,6-7,12,15,17-18H2,(H,28,31)/t23-,24-,25-,26-/m0/s1. The molecule has 2 fully saturated rings. The van der Waals surface area contributed by atoms with Crippen LogP contribution in [0.1, 0.15) is 36.4 Å². The second-order valence-corrected chi connectivity index (χ2v) is 8.93. The first-order valence-corrected chi connectivity index (χ1v) is 11.4. The van der Waals surface area contributed by atoms with E-state index in [1.54, 1.807) is 0 Å². The molecule has 2 aliphatic rings. The number of fused-ring (bicyclic) bond motifs is 2. The molecule has 0 spiro atoms. The predicted molar refractivity (Wildman–Crippen MR) is 123 cm³/mol. The Labute approximate surface area is 183 Å². The molecule has 160 valence electrons. The van der Waals surface area contributed by atoms with Gasteiger partial charge in [-0.2, -0.15) is 0 Å². The Morgan fingerprint density at radius 3 is 2.55 bits per heavy atom. The van der Waals surface area contributed by atoms with Crippen LogP contribution in [0.5, 0.6) is 0 Å². The molecule has 4 atom stereocenters. The molecule has 4 nitrogen and oxygen atoms in total. The van der Waals surface area contributed by atoms with Gasteiger partial charge in [-0.3, -0.25) is 9.69 Å². The highest BCUT2D eigenvalue weighted by Gasteiger charge is 2.52. The summed E-state index contributed by atoms with van der Waals surface area (Å²) in [6, 6.07) is 25.2. The minimum absolute atomic E-state index is 0.00262. The predicted octanol–water partition coefficient (Wildman–Crippen LogP) is 4.29. The molecule has 4 heteroatoms. The number of carbonyl (C=O) groups excluding carboxylic acids is 1. The van der Waals surface area contributed by atoms with E-state index in [9.17, 15) is 9.90 Å². The average Bonchev–Trinajstić information content (AvgIpc) is 3.17. The molecule has 0 unspecified atom stereocenters. The quantitative estimate of drug-likeness (QED) is 0.655. The first-order chi connectivity index (χ1) is 15.3. The number of benzene rings is 3. The minimum atomic E-state index is -0.252. The van der Waals surface area contributed by atoms with E-state index in [1.165, 1.54) is 22.8 Å². The van der Waals surface area contributed by atoms with Crippen LogP contribution in [0, 0.1) is 11.8 Å². The fourth-order valence-electron chi connectivity index (χ4n) is 5.73. The molecule has 3 aromatic carbocycles. The molecule has 0 aliphatic carbocycles. The van der Waals surface area contributed by atoms with E-state index < -0.39 is 0 Å². The molecule has 1 amide bonds. The van der Waals surface area contributed by atoms with Crippen LogP contribution in [0.25, 0.3) is 10.8 Å². The van der Waals surface area contributed by atoms with Crippen molar-refractivity contribution in [2.75, 3.05) is 13.2 Å². The third-order valence-electron chi connectivity index (χ3n) is 7.18. The topological polar surface area (TPSA) is 52.6 Å². The Balaban J connectivity index is 1.49. The van der Waals surface area contributed by atoms with Crippen molar-refractivity contribution >= 4 is 16.7 Å². The van der Waals surface area contributed by atoms with Gasteiger partial charge >= 0.3 is 0 Å². The third kappa shape index (κ3) is 3.86. The van der Waals surface area contributed by atoms with Gasteiger partial charge in [-0.25, -0.2) is 0 Å². The normalized spacial score (nSPS) is 26.0. The first kappa shape index (κ1) is 20.2. The minimum Gasteiger partial charge on any atom is -0.396 e. The van der Waals surface area contributed by atoms with Gasteiger partial charge in [0.05, 0.1) is 5.92 Å². The Kier molecular flexibility index (Phi) is 5.75. The molecular formula is C27H30N2O2. The number of aliphatic hydroxyl groups excluding tert-OH is 1. The molecule has 3 aromatic rings. The fraction of sp³-hybridized carbons (Fsp3) is 0.370. The summed E-state index contributed by atoms with van der Waals surface area (Å²) in [5.74, 6) is -0.235. The van der Waals surface area contributed by atoms with Crippen LogP contribution < -0.4 is 5.32 Å². The number of carbonyl (C=O) groups is 1. The molecule has 0 aromatic heterocycles. The van der Waals surface area contributed by atoms with E-state index in [2.05, 4.69) is 52.7 Å². The molecule has 0 radical (unpaired) electrons. The maximum Gasteiger partial charge on any atom is 0.225 e. The van der Waals surface area contributed by atoms with Gasteiger partial charge in [0.2, 0.25) is 5.91 Å². The Morgan fingerprint density at radius 1 is 0.968 bits per heavy atom. The molecule has 5 rings (SSSR count). The molecule has 0 saturated carbocycles. The number of piperidine rings is 1. The van der Waals surface area contributed by atoms with Crippen molar-refractivity contribution in [3.05, 3.63) is 83.9 Å². The first-order valence-electron chi connectivity index (χ1n) is 11.4. The van der Waals surface area contributed by atoms with Gasteiger partial charge in [-0.1, -0.05) is 73.2 Å². The molecule has 2 aliphatic heterocycles. The SMILES string of the molecule is O=C(NCc1ccccc1)[C@H]1[C@@H](CO)[C@@H]2CCCCN2[C@H]1c1ccc2ccccc2c1. The van der Waals surface area contributed by atoms with Crippen LogP contribution in [0.2, 0.25) is 0 Å². The van der Waals surface area contributed by atoms with Crippen LogP contribution in [0.15, 0.2) is 72.8 Å². The molecule has 2 N–H and O–H groups in total. The molecular weight excluding hydrogens is 384 g/mol. The summed E-state index contributed by atoms with van der Waals surface area (Å²) in [5, 5.41) is 15.9. The van der Waals surface area contributed by atoms with Crippen LogP contribution in [0.4, 0.5) is 0 Å². The molecule has 0 bridgehead atoms. The summed E-state index contributed by atoms with van der Waals surface area (Å²) in [7, 11) is 0. The van der Waals surface area contributed by atoms with Gasteiger partial charge < -0.3 is 10.4 Å². The lowest BCUT2D eigenvalue weighted by atomic mass is 9.82. The van der Waals surface area contributed by atoms with Crippen molar-refractivity contribution in [3.63, 3.8) is 0 Å². The van der Waals surface area contributed by atoms with E-state index in [1.807, 2.05) is 30.3 Å².